The molecule has 152 valence electrons. The van der Waals surface area contributed by atoms with Crippen LogP contribution in [0, 0.1) is 0 Å². The van der Waals surface area contributed by atoms with E-state index < -0.39 is 16.1 Å². The first-order chi connectivity index (χ1) is 13.3. The van der Waals surface area contributed by atoms with Crippen molar-refractivity contribution in [1.29, 1.82) is 0 Å². The van der Waals surface area contributed by atoms with Crippen LogP contribution in [0.3, 0.4) is 0 Å². The Morgan fingerprint density at radius 2 is 1.86 bits per heavy atom. The Bertz CT molecular complexity index is 912. The van der Waals surface area contributed by atoms with Gasteiger partial charge in [-0.25, -0.2) is 12.7 Å². The summed E-state index contributed by atoms with van der Waals surface area (Å²) < 4.78 is 36.8. The molecule has 0 fully saturated rings. The van der Waals surface area contributed by atoms with Crippen LogP contribution < -0.4 is 10.1 Å². The third-order valence-electron chi connectivity index (χ3n) is 4.19. The monoisotopic (exact) mass is 406 g/mol. The highest BCUT2D eigenvalue weighted by Gasteiger charge is 2.21. The summed E-state index contributed by atoms with van der Waals surface area (Å²) in [5.74, 6) is 0.400. The van der Waals surface area contributed by atoms with Crippen LogP contribution in [0.15, 0.2) is 53.4 Å². The van der Waals surface area contributed by atoms with E-state index in [9.17, 15) is 13.2 Å². The minimum Gasteiger partial charge on any atom is -0.497 e. The van der Waals surface area contributed by atoms with Gasteiger partial charge in [-0.2, -0.15) is 0 Å². The van der Waals surface area contributed by atoms with Crippen molar-refractivity contribution in [3.05, 3.63) is 59.7 Å². The Morgan fingerprint density at radius 1 is 1.14 bits per heavy atom. The second kappa shape index (κ2) is 9.68. The van der Waals surface area contributed by atoms with Crippen LogP contribution in [-0.4, -0.2) is 45.9 Å². The largest absolute Gasteiger partial charge is 0.497 e. The van der Waals surface area contributed by atoms with Gasteiger partial charge in [0.05, 0.1) is 18.6 Å². The van der Waals surface area contributed by atoms with Crippen molar-refractivity contribution in [2.75, 3.05) is 21.2 Å². The number of nitrogens with zero attached hydrogens (tertiary/aromatic N) is 1. The molecule has 0 radical (unpaired) electrons. The summed E-state index contributed by atoms with van der Waals surface area (Å²) in [6.07, 6.45) is -0.691. The second-order valence-electron chi connectivity index (χ2n) is 6.42. The molecule has 0 spiro atoms. The molecule has 1 N–H and O–H groups in total. The second-order valence-corrected chi connectivity index (χ2v) is 8.54. The summed E-state index contributed by atoms with van der Waals surface area (Å²) in [6.45, 7) is 2.00. The summed E-state index contributed by atoms with van der Waals surface area (Å²) >= 11 is 0. The van der Waals surface area contributed by atoms with Crippen LogP contribution in [0.4, 0.5) is 0 Å². The predicted molar refractivity (Wildman–Crippen MR) is 106 cm³/mol. The highest BCUT2D eigenvalue weighted by atomic mass is 32.2. The van der Waals surface area contributed by atoms with Crippen LogP contribution in [0.25, 0.3) is 0 Å². The summed E-state index contributed by atoms with van der Waals surface area (Å²) in [6, 6.07) is 14.0. The third-order valence-corrected chi connectivity index (χ3v) is 6.10. The van der Waals surface area contributed by atoms with Crippen molar-refractivity contribution in [2.45, 2.75) is 31.1 Å². The molecule has 7 nitrogen and oxygen atoms in total. The van der Waals surface area contributed by atoms with Gasteiger partial charge in [0.2, 0.25) is 15.9 Å². The molecule has 0 heterocycles. The number of hydrogen-bond donors (Lipinski definition) is 1. The molecule has 0 aromatic heterocycles. The van der Waals surface area contributed by atoms with E-state index in [4.69, 9.17) is 9.47 Å². The highest BCUT2D eigenvalue weighted by Crippen LogP contribution is 2.18. The summed E-state index contributed by atoms with van der Waals surface area (Å²) in [5, 5.41) is 2.74. The van der Waals surface area contributed by atoms with E-state index in [1.54, 1.807) is 32.2 Å². The number of carbonyl (C=O) groups excluding carboxylic acids is 1. The lowest BCUT2D eigenvalue weighted by atomic mass is 10.2. The molecule has 8 heteroatoms. The Kier molecular flexibility index (Phi) is 7.56. The van der Waals surface area contributed by atoms with Gasteiger partial charge in [0.15, 0.2) is 0 Å². The highest BCUT2D eigenvalue weighted by molar-refractivity contribution is 7.89. The van der Waals surface area contributed by atoms with Gasteiger partial charge in [-0.15, -0.1) is 0 Å². The molecule has 0 saturated carbocycles. The van der Waals surface area contributed by atoms with Gasteiger partial charge in [-0.1, -0.05) is 30.3 Å². The fourth-order valence-corrected chi connectivity index (χ4v) is 3.60. The van der Waals surface area contributed by atoms with Gasteiger partial charge >= 0.3 is 0 Å². The minimum absolute atomic E-state index is 0.0922. The number of benzene rings is 2. The molecule has 28 heavy (non-hydrogen) atoms. The summed E-state index contributed by atoms with van der Waals surface area (Å²) in [7, 11) is 0.941. The number of ether oxygens (including phenoxy) is 2. The van der Waals surface area contributed by atoms with Crippen molar-refractivity contribution in [3.63, 3.8) is 0 Å². The molecule has 0 bridgehead atoms. The molecule has 1 amide bonds. The third kappa shape index (κ3) is 5.54. The molecule has 2 aromatic carbocycles. The lowest BCUT2D eigenvalue weighted by molar-refractivity contribution is -0.132. The standard InChI is InChI=1S/C20H26N2O5S/c1-15(27-14-16-8-7-10-18(12-16)26-4)20(23)21-13-17-9-5-6-11-19(17)28(24,25)22(2)3/h5-12,15H,13-14H2,1-4H3,(H,21,23). The molecule has 2 aromatic rings. The van der Waals surface area contributed by atoms with Crippen LogP contribution in [0.2, 0.25) is 0 Å². The van der Waals surface area contributed by atoms with E-state index in [2.05, 4.69) is 5.32 Å². The lowest BCUT2D eigenvalue weighted by Gasteiger charge is -2.17. The maximum atomic E-state index is 12.4. The van der Waals surface area contributed by atoms with Crippen LogP contribution >= 0.6 is 0 Å². The first kappa shape index (κ1) is 21.9. The van der Waals surface area contributed by atoms with Crippen LogP contribution in [0.1, 0.15) is 18.1 Å². The zero-order valence-corrected chi connectivity index (χ0v) is 17.3. The molecular weight excluding hydrogens is 380 g/mol. The quantitative estimate of drug-likeness (QED) is 0.690. The van der Waals surface area contributed by atoms with Crippen LogP contribution in [0.5, 0.6) is 5.75 Å². The minimum atomic E-state index is -3.59. The first-order valence-electron chi connectivity index (χ1n) is 8.78. The topological polar surface area (TPSA) is 84.9 Å². The van der Waals surface area contributed by atoms with Gasteiger partial charge < -0.3 is 14.8 Å². The van der Waals surface area contributed by atoms with Crippen molar-refractivity contribution in [3.8, 4) is 5.75 Å². The number of amides is 1. The molecule has 0 aliphatic rings. The normalized spacial score (nSPS) is 12.6. The molecule has 0 aliphatic carbocycles. The van der Waals surface area contributed by atoms with E-state index in [0.717, 1.165) is 15.6 Å². The molecule has 1 atom stereocenters. The number of rotatable bonds is 9. The predicted octanol–water partition coefficient (Wildman–Crippen LogP) is 2.17. The maximum absolute atomic E-state index is 12.4. The van der Waals surface area contributed by atoms with Gasteiger partial charge in [0.25, 0.3) is 0 Å². The number of hydrogen-bond acceptors (Lipinski definition) is 5. The Morgan fingerprint density at radius 3 is 2.54 bits per heavy atom. The molecule has 0 saturated heterocycles. The van der Waals surface area contributed by atoms with E-state index >= 15 is 0 Å². The van der Waals surface area contributed by atoms with E-state index in [0.29, 0.717) is 5.56 Å². The fraction of sp³-hybridized carbons (Fsp3) is 0.350. The van der Waals surface area contributed by atoms with Gasteiger partial charge in [-0.05, 0) is 36.2 Å². The molecular formula is C20H26N2O5S. The van der Waals surface area contributed by atoms with Crippen molar-refractivity contribution in [1.82, 2.24) is 9.62 Å². The fourth-order valence-electron chi connectivity index (χ4n) is 2.48. The summed E-state index contributed by atoms with van der Waals surface area (Å²) in [5.41, 5.74) is 1.41. The van der Waals surface area contributed by atoms with Gasteiger partial charge in [-0.3, -0.25) is 4.79 Å². The molecule has 2 rings (SSSR count). The first-order valence-corrected chi connectivity index (χ1v) is 10.2. The van der Waals surface area contributed by atoms with Gasteiger partial charge in [0, 0.05) is 20.6 Å². The van der Waals surface area contributed by atoms with Gasteiger partial charge in [0.1, 0.15) is 11.9 Å². The molecule has 1 unspecified atom stereocenters. The maximum Gasteiger partial charge on any atom is 0.249 e. The smallest absolute Gasteiger partial charge is 0.249 e. The van der Waals surface area contributed by atoms with E-state index in [1.165, 1.54) is 20.2 Å². The molecule has 0 aliphatic heterocycles. The van der Waals surface area contributed by atoms with Crippen molar-refractivity contribution >= 4 is 15.9 Å². The van der Waals surface area contributed by atoms with Crippen molar-refractivity contribution in [2.24, 2.45) is 0 Å². The SMILES string of the molecule is COc1cccc(COC(C)C(=O)NCc2ccccc2S(=O)(=O)N(C)C)c1. The Balaban J connectivity index is 1.97. The average molecular weight is 407 g/mol. The Labute approximate surface area is 166 Å². The summed E-state index contributed by atoms with van der Waals surface area (Å²) in [4.78, 5) is 12.5. The van der Waals surface area contributed by atoms with Crippen molar-refractivity contribution < 1.29 is 22.7 Å². The van der Waals surface area contributed by atoms with Crippen LogP contribution in [-0.2, 0) is 32.7 Å². The Hall–Kier alpha value is -2.42. The zero-order valence-electron chi connectivity index (χ0n) is 16.5. The van der Waals surface area contributed by atoms with E-state index in [-0.39, 0.29) is 24.0 Å². The number of nitrogens with one attached hydrogen (secondary N) is 1. The number of carbonyl (C=O) groups is 1. The number of sulfonamides is 1. The van der Waals surface area contributed by atoms with E-state index in [1.807, 2.05) is 24.3 Å². The zero-order chi connectivity index (χ0) is 20.7. The number of methoxy groups -OCH3 is 1. The lowest BCUT2D eigenvalue weighted by Crippen LogP contribution is -2.34. The average Bonchev–Trinajstić information content (AvgIpc) is 2.70.